The van der Waals surface area contributed by atoms with Crippen LogP contribution in [0, 0.1) is 0 Å². The molecule has 2 aromatic rings. The molecular formula is C22H28N4O5S. The van der Waals surface area contributed by atoms with Crippen LogP contribution in [0.15, 0.2) is 48.5 Å². The average molecular weight is 461 g/mol. The second-order valence-corrected chi connectivity index (χ2v) is 9.30. The van der Waals surface area contributed by atoms with Crippen LogP contribution in [0.2, 0.25) is 0 Å². The van der Waals surface area contributed by atoms with Gasteiger partial charge in [-0.25, -0.2) is 8.42 Å². The summed E-state index contributed by atoms with van der Waals surface area (Å²) in [7, 11) is -3.51. The molecule has 9 nitrogen and oxygen atoms in total. The molecule has 1 fully saturated rings. The molecule has 1 heterocycles. The van der Waals surface area contributed by atoms with Crippen molar-refractivity contribution in [2.24, 2.45) is 0 Å². The maximum absolute atomic E-state index is 12.6. The van der Waals surface area contributed by atoms with Crippen molar-refractivity contribution < 1.29 is 22.7 Å². The number of benzene rings is 2. The van der Waals surface area contributed by atoms with E-state index in [1.54, 1.807) is 36.4 Å². The number of sulfonamides is 1. The highest BCUT2D eigenvalue weighted by Gasteiger charge is 2.14. The maximum atomic E-state index is 12.6. The SMILES string of the molecule is CS(=O)(=O)Nc1ccccc1C(=O)NCc1cccc(NC(=O)CCN2CCOCC2)c1. The second kappa shape index (κ2) is 11.1. The third kappa shape index (κ3) is 7.63. The first-order valence-corrected chi connectivity index (χ1v) is 12.2. The molecule has 172 valence electrons. The van der Waals surface area contributed by atoms with E-state index in [4.69, 9.17) is 4.74 Å². The molecule has 0 radical (unpaired) electrons. The number of carbonyl (C=O) groups excluding carboxylic acids is 2. The molecule has 0 saturated carbocycles. The first-order valence-electron chi connectivity index (χ1n) is 10.3. The van der Waals surface area contributed by atoms with Crippen LogP contribution in [-0.2, 0) is 26.1 Å². The van der Waals surface area contributed by atoms with E-state index in [-0.39, 0.29) is 23.7 Å². The van der Waals surface area contributed by atoms with Crippen LogP contribution in [0.4, 0.5) is 11.4 Å². The van der Waals surface area contributed by atoms with Crippen molar-refractivity contribution in [1.29, 1.82) is 0 Å². The monoisotopic (exact) mass is 460 g/mol. The Bertz CT molecular complexity index is 1050. The average Bonchev–Trinajstić information content (AvgIpc) is 2.76. The summed E-state index contributed by atoms with van der Waals surface area (Å²) >= 11 is 0. The topological polar surface area (TPSA) is 117 Å². The minimum absolute atomic E-state index is 0.0709. The minimum Gasteiger partial charge on any atom is -0.379 e. The number of anilines is 2. The number of nitrogens with zero attached hydrogens (tertiary/aromatic N) is 1. The quantitative estimate of drug-likeness (QED) is 0.524. The lowest BCUT2D eigenvalue weighted by molar-refractivity contribution is -0.116. The molecular weight excluding hydrogens is 432 g/mol. The standard InChI is InChI=1S/C22H28N4O5S/c1-32(29,30)25-20-8-3-2-7-19(20)22(28)23-16-17-5-4-6-18(15-17)24-21(27)9-10-26-11-13-31-14-12-26/h2-8,15,25H,9-14,16H2,1H3,(H,23,28)(H,24,27). The van der Waals surface area contributed by atoms with Gasteiger partial charge in [0.2, 0.25) is 15.9 Å². The lowest BCUT2D eigenvalue weighted by Crippen LogP contribution is -2.38. The van der Waals surface area contributed by atoms with E-state index in [1.807, 2.05) is 6.07 Å². The summed E-state index contributed by atoms with van der Waals surface area (Å²) in [5, 5.41) is 5.67. The lowest BCUT2D eigenvalue weighted by atomic mass is 10.1. The maximum Gasteiger partial charge on any atom is 0.253 e. The molecule has 2 aromatic carbocycles. The van der Waals surface area contributed by atoms with Crippen LogP contribution >= 0.6 is 0 Å². The van der Waals surface area contributed by atoms with Crippen LogP contribution in [0.5, 0.6) is 0 Å². The highest BCUT2D eigenvalue weighted by molar-refractivity contribution is 7.92. The van der Waals surface area contributed by atoms with Gasteiger partial charge in [-0.15, -0.1) is 0 Å². The van der Waals surface area contributed by atoms with E-state index in [0.29, 0.717) is 31.9 Å². The Balaban J connectivity index is 1.53. The number of carbonyl (C=O) groups is 2. The van der Waals surface area contributed by atoms with Gasteiger partial charge >= 0.3 is 0 Å². The molecule has 0 unspecified atom stereocenters. The molecule has 32 heavy (non-hydrogen) atoms. The third-order valence-electron chi connectivity index (χ3n) is 4.89. The van der Waals surface area contributed by atoms with Gasteiger partial charge in [-0.3, -0.25) is 19.2 Å². The van der Waals surface area contributed by atoms with Crippen molar-refractivity contribution in [3.63, 3.8) is 0 Å². The molecule has 1 aliphatic heterocycles. The fourth-order valence-corrected chi connectivity index (χ4v) is 3.89. The molecule has 2 amide bonds. The van der Waals surface area contributed by atoms with E-state index < -0.39 is 15.9 Å². The van der Waals surface area contributed by atoms with Crippen molar-refractivity contribution in [2.45, 2.75) is 13.0 Å². The van der Waals surface area contributed by atoms with Gasteiger partial charge in [-0.2, -0.15) is 0 Å². The first kappa shape index (κ1) is 23.7. The van der Waals surface area contributed by atoms with Crippen molar-refractivity contribution in [1.82, 2.24) is 10.2 Å². The number of hydrogen-bond donors (Lipinski definition) is 3. The largest absolute Gasteiger partial charge is 0.379 e. The van der Waals surface area contributed by atoms with E-state index in [2.05, 4.69) is 20.3 Å². The third-order valence-corrected chi connectivity index (χ3v) is 5.48. The summed E-state index contributed by atoms with van der Waals surface area (Å²) in [6.07, 6.45) is 1.42. The van der Waals surface area contributed by atoms with Crippen molar-refractivity contribution in [2.75, 3.05) is 49.1 Å². The first-order chi connectivity index (χ1) is 15.3. The van der Waals surface area contributed by atoms with Crippen LogP contribution in [0.3, 0.4) is 0 Å². The zero-order valence-corrected chi connectivity index (χ0v) is 18.8. The van der Waals surface area contributed by atoms with Gasteiger partial charge in [0.25, 0.3) is 5.91 Å². The summed E-state index contributed by atoms with van der Waals surface area (Å²) in [6, 6.07) is 13.6. The van der Waals surface area contributed by atoms with E-state index >= 15 is 0 Å². The number of morpholine rings is 1. The number of para-hydroxylation sites is 1. The molecule has 10 heteroatoms. The number of amides is 2. The number of nitrogens with one attached hydrogen (secondary N) is 3. The normalized spacial score (nSPS) is 14.5. The van der Waals surface area contributed by atoms with E-state index in [0.717, 1.165) is 24.9 Å². The molecule has 0 spiro atoms. The predicted molar refractivity (Wildman–Crippen MR) is 123 cm³/mol. The molecule has 3 N–H and O–H groups in total. The Kier molecular flexibility index (Phi) is 8.20. The van der Waals surface area contributed by atoms with Gasteiger partial charge in [-0.1, -0.05) is 24.3 Å². The number of hydrogen-bond acceptors (Lipinski definition) is 6. The van der Waals surface area contributed by atoms with Gasteiger partial charge in [0.05, 0.1) is 30.7 Å². The van der Waals surface area contributed by atoms with Gasteiger partial charge < -0.3 is 15.4 Å². The van der Waals surface area contributed by atoms with Gasteiger partial charge in [0.15, 0.2) is 0 Å². The Hall–Kier alpha value is -2.95. The Morgan fingerprint density at radius 1 is 1.06 bits per heavy atom. The zero-order chi connectivity index (χ0) is 23.0. The highest BCUT2D eigenvalue weighted by Crippen LogP contribution is 2.17. The highest BCUT2D eigenvalue weighted by atomic mass is 32.2. The zero-order valence-electron chi connectivity index (χ0n) is 18.0. The lowest BCUT2D eigenvalue weighted by Gasteiger charge is -2.26. The van der Waals surface area contributed by atoms with Crippen LogP contribution in [-0.4, -0.2) is 64.2 Å². The smallest absolute Gasteiger partial charge is 0.253 e. The van der Waals surface area contributed by atoms with Crippen molar-refractivity contribution in [3.8, 4) is 0 Å². The molecule has 3 rings (SSSR count). The Morgan fingerprint density at radius 2 is 1.81 bits per heavy atom. The van der Waals surface area contributed by atoms with Gasteiger partial charge in [-0.05, 0) is 29.8 Å². The van der Waals surface area contributed by atoms with Gasteiger partial charge in [0.1, 0.15) is 0 Å². The second-order valence-electron chi connectivity index (χ2n) is 7.56. The van der Waals surface area contributed by atoms with E-state index in [1.165, 1.54) is 6.07 Å². The van der Waals surface area contributed by atoms with Crippen LogP contribution < -0.4 is 15.4 Å². The summed E-state index contributed by atoms with van der Waals surface area (Å²) in [5.74, 6) is -0.477. The molecule has 0 atom stereocenters. The summed E-state index contributed by atoms with van der Waals surface area (Å²) in [6.45, 7) is 3.99. The number of rotatable bonds is 9. The summed E-state index contributed by atoms with van der Waals surface area (Å²) < 4.78 is 30.7. The number of ether oxygens (including phenoxy) is 1. The summed E-state index contributed by atoms with van der Waals surface area (Å²) in [4.78, 5) is 27.1. The molecule has 1 saturated heterocycles. The molecule has 0 aromatic heterocycles. The van der Waals surface area contributed by atoms with Crippen molar-refractivity contribution in [3.05, 3.63) is 59.7 Å². The summed E-state index contributed by atoms with van der Waals surface area (Å²) in [5.41, 5.74) is 1.90. The molecule has 1 aliphatic rings. The minimum atomic E-state index is -3.51. The molecule has 0 aliphatic carbocycles. The fourth-order valence-electron chi connectivity index (χ4n) is 3.31. The van der Waals surface area contributed by atoms with Gasteiger partial charge in [0, 0.05) is 38.3 Å². The van der Waals surface area contributed by atoms with Crippen molar-refractivity contribution >= 4 is 33.2 Å². The fraction of sp³-hybridized carbons (Fsp3) is 0.364. The predicted octanol–water partition coefficient (Wildman–Crippen LogP) is 1.65. The van der Waals surface area contributed by atoms with E-state index in [9.17, 15) is 18.0 Å². The van der Waals surface area contributed by atoms with Crippen LogP contribution in [0.1, 0.15) is 22.3 Å². The molecule has 0 bridgehead atoms. The Morgan fingerprint density at radius 3 is 2.56 bits per heavy atom. The Labute approximate surface area is 188 Å². The van der Waals surface area contributed by atoms with Crippen LogP contribution in [0.25, 0.3) is 0 Å².